The van der Waals surface area contributed by atoms with Gasteiger partial charge < -0.3 is 10.0 Å². The van der Waals surface area contributed by atoms with Crippen molar-refractivity contribution >= 4 is 23.6 Å². The number of amides is 1. The Morgan fingerprint density at radius 3 is 2.73 bits per heavy atom. The minimum Gasteiger partial charge on any atom is -0.480 e. The van der Waals surface area contributed by atoms with Crippen molar-refractivity contribution in [2.45, 2.75) is 25.3 Å². The number of carbonyl (C=O) groups excluding carboxylic acids is 1. The van der Waals surface area contributed by atoms with Crippen LogP contribution in [-0.2, 0) is 9.59 Å². The number of hydrogen-bond acceptors (Lipinski definition) is 3. The second-order valence-electron chi connectivity index (χ2n) is 4.16. The van der Waals surface area contributed by atoms with Crippen molar-refractivity contribution in [2.24, 2.45) is 5.92 Å². The quantitative estimate of drug-likeness (QED) is 0.778. The lowest BCUT2D eigenvalue weighted by molar-refractivity contribution is -0.149. The highest BCUT2D eigenvalue weighted by Crippen LogP contribution is 2.33. The molecular formula is C10H15NO3S. The van der Waals surface area contributed by atoms with E-state index in [1.165, 1.54) is 0 Å². The van der Waals surface area contributed by atoms with E-state index < -0.39 is 12.0 Å². The van der Waals surface area contributed by atoms with Crippen LogP contribution in [0.25, 0.3) is 0 Å². The van der Waals surface area contributed by atoms with Crippen molar-refractivity contribution in [3.05, 3.63) is 0 Å². The number of thioether (sulfide) groups is 1. The molecule has 84 valence electrons. The molecule has 2 aliphatic rings. The maximum absolute atomic E-state index is 11.8. The molecule has 0 aromatic rings. The lowest BCUT2D eigenvalue weighted by atomic mass is 10.2. The Labute approximate surface area is 93.0 Å². The lowest BCUT2D eigenvalue weighted by Gasteiger charge is -2.32. The number of carboxylic acid groups (broad SMARTS) is 1. The summed E-state index contributed by atoms with van der Waals surface area (Å²) in [6, 6.07) is -0.602. The first kappa shape index (κ1) is 10.8. The highest BCUT2D eigenvalue weighted by molar-refractivity contribution is 7.99. The minimum absolute atomic E-state index is 0.0326. The second-order valence-corrected chi connectivity index (χ2v) is 5.31. The van der Waals surface area contributed by atoms with Gasteiger partial charge in [-0.3, -0.25) is 4.79 Å². The van der Waals surface area contributed by atoms with Crippen LogP contribution in [-0.4, -0.2) is 46.0 Å². The number of carboxylic acids is 1. The van der Waals surface area contributed by atoms with Crippen molar-refractivity contribution in [1.82, 2.24) is 4.90 Å². The van der Waals surface area contributed by atoms with Gasteiger partial charge in [0.2, 0.25) is 5.91 Å². The number of hydrogen-bond donors (Lipinski definition) is 1. The van der Waals surface area contributed by atoms with Crippen molar-refractivity contribution in [3.8, 4) is 0 Å². The Balaban J connectivity index is 1.96. The van der Waals surface area contributed by atoms with E-state index in [-0.39, 0.29) is 5.91 Å². The van der Waals surface area contributed by atoms with Gasteiger partial charge in [-0.25, -0.2) is 4.79 Å². The molecule has 5 heteroatoms. The third-order valence-corrected chi connectivity index (χ3v) is 3.92. The SMILES string of the molecule is O=C(O)C1CSCCN1C(=O)CC1CC1. The summed E-state index contributed by atoms with van der Waals surface area (Å²) in [5.74, 6) is 1.09. The van der Waals surface area contributed by atoms with E-state index in [1.54, 1.807) is 16.7 Å². The normalized spacial score (nSPS) is 26.4. The Morgan fingerprint density at radius 2 is 2.13 bits per heavy atom. The summed E-state index contributed by atoms with van der Waals surface area (Å²) in [6.07, 6.45) is 2.81. The van der Waals surface area contributed by atoms with Crippen LogP contribution >= 0.6 is 11.8 Å². The molecule has 4 nitrogen and oxygen atoms in total. The smallest absolute Gasteiger partial charge is 0.327 e. The lowest BCUT2D eigenvalue weighted by Crippen LogP contribution is -2.50. The molecule has 1 heterocycles. The molecule has 0 aromatic heterocycles. The number of aliphatic carboxylic acids is 1. The monoisotopic (exact) mass is 229 g/mol. The van der Waals surface area contributed by atoms with Crippen LogP contribution in [0.3, 0.4) is 0 Å². The van der Waals surface area contributed by atoms with E-state index >= 15 is 0 Å². The molecular weight excluding hydrogens is 214 g/mol. The number of nitrogens with zero attached hydrogens (tertiary/aromatic N) is 1. The van der Waals surface area contributed by atoms with Crippen LogP contribution in [0.1, 0.15) is 19.3 Å². The number of carbonyl (C=O) groups is 2. The van der Waals surface area contributed by atoms with Gasteiger partial charge in [0, 0.05) is 24.5 Å². The van der Waals surface area contributed by atoms with Crippen molar-refractivity contribution in [2.75, 3.05) is 18.1 Å². The van der Waals surface area contributed by atoms with Crippen LogP contribution in [0.4, 0.5) is 0 Å². The van der Waals surface area contributed by atoms with Gasteiger partial charge >= 0.3 is 5.97 Å². The Bertz CT molecular complexity index is 278. The molecule has 1 aliphatic heterocycles. The predicted octanol–water partition coefficient (Wildman–Crippen LogP) is 0.815. The fraction of sp³-hybridized carbons (Fsp3) is 0.800. The van der Waals surface area contributed by atoms with Gasteiger partial charge in [-0.1, -0.05) is 0 Å². The summed E-state index contributed by atoms with van der Waals surface area (Å²) in [6.45, 7) is 0.590. The van der Waals surface area contributed by atoms with E-state index in [0.717, 1.165) is 18.6 Å². The second kappa shape index (κ2) is 4.43. The van der Waals surface area contributed by atoms with E-state index in [4.69, 9.17) is 5.11 Å². The molecule has 0 bridgehead atoms. The first-order valence-electron chi connectivity index (χ1n) is 5.28. The molecule has 15 heavy (non-hydrogen) atoms. The van der Waals surface area contributed by atoms with E-state index in [1.807, 2.05) is 0 Å². The molecule has 0 radical (unpaired) electrons. The van der Waals surface area contributed by atoms with Crippen LogP contribution in [0.15, 0.2) is 0 Å². The largest absolute Gasteiger partial charge is 0.480 e. The third-order valence-electron chi connectivity index (χ3n) is 2.89. The summed E-state index contributed by atoms with van der Waals surface area (Å²) < 4.78 is 0. The van der Waals surface area contributed by atoms with Gasteiger partial charge in [0.15, 0.2) is 0 Å². The molecule has 1 amide bonds. The van der Waals surface area contributed by atoms with Crippen molar-refractivity contribution < 1.29 is 14.7 Å². The zero-order valence-corrected chi connectivity index (χ0v) is 9.33. The molecule has 0 aromatic carbocycles. The third kappa shape index (κ3) is 2.65. The van der Waals surface area contributed by atoms with Crippen molar-refractivity contribution in [3.63, 3.8) is 0 Å². The van der Waals surface area contributed by atoms with Gasteiger partial charge in [-0.05, 0) is 18.8 Å². The molecule has 1 N–H and O–H groups in total. The maximum Gasteiger partial charge on any atom is 0.327 e. The standard InChI is InChI=1S/C10H15NO3S/c12-9(5-7-1-2-7)11-3-4-15-6-8(11)10(13)14/h7-8H,1-6H2,(H,13,14). The van der Waals surface area contributed by atoms with Gasteiger partial charge in [0.25, 0.3) is 0 Å². The Hall–Kier alpha value is -0.710. The molecule has 2 rings (SSSR count). The van der Waals surface area contributed by atoms with Gasteiger partial charge in [0.05, 0.1) is 0 Å². The van der Waals surface area contributed by atoms with Crippen LogP contribution in [0.5, 0.6) is 0 Å². The van der Waals surface area contributed by atoms with E-state index in [0.29, 0.717) is 24.6 Å². The van der Waals surface area contributed by atoms with Crippen LogP contribution in [0, 0.1) is 5.92 Å². The van der Waals surface area contributed by atoms with Crippen molar-refractivity contribution in [1.29, 1.82) is 0 Å². The molecule has 1 saturated carbocycles. The molecule has 2 fully saturated rings. The minimum atomic E-state index is -0.869. The fourth-order valence-electron chi connectivity index (χ4n) is 1.79. The molecule has 1 atom stereocenters. The van der Waals surface area contributed by atoms with E-state index in [9.17, 15) is 9.59 Å². The van der Waals surface area contributed by atoms with Gasteiger partial charge in [-0.15, -0.1) is 0 Å². The molecule has 1 unspecified atom stereocenters. The summed E-state index contributed by atoms with van der Waals surface area (Å²) in [5, 5.41) is 9.00. The average Bonchev–Trinajstić information content (AvgIpc) is 3.01. The fourth-order valence-corrected chi connectivity index (χ4v) is 2.83. The summed E-state index contributed by atoms with van der Waals surface area (Å²) in [7, 11) is 0. The van der Waals surface area contributed by atoms with Crippen LogP contribution in [0.2, 0.25) is 0 Å². The zero-order chi connectivity index (χ0) is 10.8. The van der Waals surface area contributed by atoms with Gasteiger partial charge in [-0.2, -0.15) is 11.8 Å². The topological polar surface area (TPSA) is 57.6 Å². The first-order chi connectivity index (χ1) is 7.18. The van der Waals surface area contributed by atoms with E-state index in [2.05, 4.69) is 0 Å². The first-order valence-corrected chi connectivity index (χ1v) is 6.44. The summed E-state index contributed by atoms with van der Waals surface area (Å²) in [5.41, 5.74) is 0. The van der Waals surface area contributed by atoms with Gasteiger partial charge in [0.1, 0.15) is 6.04 Å². The predicted molar refractivity (Wildman–Crippen MR) is 57.8 cm³/mol. The summed E-state index contributed by atoms with van der Waals surface area (Å²) >= 11 is 1.61. The number of rotatable bonds is 3. The Kier molecular flexibility index (Phi) is 3.19. The highest BCUT2D eigenvalue weighted by atomic mass is 32.2. The zero-order valence-electron chi connectivity index (χ0n) is 8.52. The summed E-state index contributed by atoms with van der Waals surface area (Å²) in [4.78, 5) is 24.3. The molecule has 1 saturated heterocycles. The highest BCUT2D eigenvalue weighted by Gasteiger charge is 2.34. The Morgan fingerprint density at radius 1 is 1.40 bits per heavy atom. The molecule has 1 aliphatic carbocycles. The maximum atomic E-state index is 11.8. The average molecular weight is 229 g/mol. The molecule has 0 spiro atoms. The van der Waals surface area contributed by atoms with Crippen LogP contribution < -0.4 is 0 Å².